The Kier molecular flexibility index (Phi) is 3.96. The minimum Gasteiger partial charge on any atom is -0.367 e. The first-order valence-corrected chi connectivity index (χ1v) is 7.59. The Bertz CT molecular complexity index is 496. The number of H-pyrrole nitrogens is 1. The average Bonchev–Trinajstić information content (AvgIpc) is 2.83. The van der Waals surface area contributed by atoms with Crippen LogP contribution < -0.4 is 11.1 Å². The summed E-state index contributed by atoms with van der Waals surface area (Å²) in [6.45, 7) is 5.41. The van der Waals surface area contributed by atoms with Gasteiger partial charge in [-0.2, -0.15) is 4.98 Å². The fourth-order valence-electron chi connectivity index (χ4n) is 3.15. The fourth-order valence-corrected chi connectivity index (χ4v) is 3.15. The highest BCUT2D eigenvalue weighted by atomic mass is 16.2. The molecule has 21 heavy (non-hydrogen) atoms. The number of carbonyl (C=O) groups is 1. The van der Waals surface area contributed by atoms with Crippen molar-refractivity contribution in [1.82, 2.24) is 30.3 Å². The van der Waals surface area contributed by atoms with Gasteiger partial charge in [-0.15, -0.1) is 5.10 Å². The molecule has 3 rings (SSSR count). The SMILES string of the molecule is C[C@@H]1CCCCN1C1CN(C(=O)NCc2nc(N)n[nH]2)C1. The number of carbonyl (C=O) groups excluding carboxylic acids is 1. The van der Waals surface area contributed by atoms with Gasteiger partial charge in [-0.05, 0) is 26.3 Å². The predicted molar refractivity (Wildman–Crippen MR) is 78.4 cm³/mol. The summed E-state index contributed by atoms with van der Waals surface area (Å²) in [5.74, 6) is 0.768. The third-order valence-corrected chi connectivity index (χ3v) is 4.43. The largest absolute Gasteiger partial charge is 0.367 e. The zero-order valence-electron chi connectivity index (χ0n) is 12.4. The molecule has 1 aromatic rings. The maximum Gasteiger partial charge on any atom is 0.317 e. The number of hydrogen-bond donors (Lipinski definition) is 3. The second kappa shape index (κ2) is 5.88. The van der Waals surface area contributed by atoms with E-state index in [1.165, 1.54) is 25.8 Å². The molecular formula is C13H23N7O. The standard InChI is InChI=1S/C13H23N7O/c1-9-4-2-3-5-20(9)10-7-19(8-10)13(21)15-6-11-16-12(14)18-17-11/h9-10H,2-8H2,1H3,(H,15,21)(H3,14,16,17,18)/t9-/m1/s1. The number of urea groups is 1. The van der Waals surface area contributed by atoms with Crippen molar-refractivity contribution in [3.05, 3.63) is 5.82 Å². The number of nitrogens with one attached hydrogen (secondary N) is 2. The lowest BCUT2D eigenvalue weighted by Crippen LogP contribution is -2.64. The number of aromatic amines is 1. The molecule has 8 heteroatoms. The summed E-state index contributed by atoms with van der Waals surface area (Å²) in [4.78, 5) is 20.4. The van der Waals surface area contributed by atoms with Crippen molar-refractivity contribution in [3.63, 3.8) is 0 Å². The van der Waals surface area contributed by atoms with Crippen LogP contribution in [0.3, 0.4) is 0 Å². The molecule has 2 aliphatic rings. The molecule has 3 heterocycles. The summed E-state index contributed by atoms with van der Waals surface area (Å²) in [7, 11) is 0. The van der Waals surface area contributed by atoms with Gasteiger partial charge in [0.2, 0.25) is 5.95 Å². The number of anilines is 1. The smallest absolute Gasteiger partial charge is 0.317 e. The van der Waals surface area contributed by atoms with Crippen molar-refractivity contribution in [2.24, 2.45) is 0 Å². The second-order valence-corrected chi connectivity index (χ2v) is 5.94. The third-order valence-electron chi connectivity index (χ3n) is 4.43. The lowest BCUT2D eigenvalue weighted by atomic mass is 9.98. The summed E-state index contributed by atoms with van der Waals surface area (Å²) in [5.41, 5.74) is 5.41. The minimum absolute atomic E-state index is 0.0501. The van der Waals surface area contributed by atoms with Crippen LogP contribution in [0.25, 0.3) is 0 Å². The van der Waals surface area contributed by atoms with Crippen molar-refractivity contribution < 1.29 is 4.79 Å². The molecule has 2 amide bonds. The Morgan fingerprint density at radius 1 is 1.48 bits per heavy atom. The number of amides is 2. The molecule has 1 aromatic heterocycles. The molecule has 0 spiro atoms. The van der Waals surface area contributed by atoms with Gasteiger partial charge >= 0.3 is 6.03 Å². The number of nitrogens with zero attached hydrogens (tertiary/aromatic N) is 4. The van der Waals surface area contributed by atoms with Gasteiger partial charge in [-0.3, -0.25) is 10.00 Å². The summed E-state index contributed by atoms with van der Waals surface area (Å²) < 4.78 is 0. The molecular weight excluding hydrogens is 270 g/mol. The lowest BCUT2D eigenvalue weighted by Gasteiger charge is -2.49. The van der Waals surface area contributed by atoms with Gasteiger partial charge in [0.1, 0.15) is 5.82 Å². The van der Waals surface area contributed by atoms with E-state index in [-0.39, 0.29) is 12.0 Å². The number of nitrogens with two attached hydrogens (primary N) is 1. The normalized spacial score (nSPS) is 23.9. The Hall–Kier alpha value is -1.83. The quantitative estimate of drug-likeness (QED) is 0.736. The Morgan fingerprint density at radius 2 is 2.29 bits per heavy atom. The lowest BCUT2D eigenvalue weighted by molar-refractivity contribution is 0.0168. The number of aromatic nitrogens is 3. The Morgan fingerprint density at radius 3 is 2.95 bits per heavy atom. The van der Waals surface area contributed by atoms with Crippen molar-refractivity contribution >= 4 is 12.0 Å². The van der Waals surface area contributed by atoms with Crippen LogP contribution in [0, 0.1) is 0 Å². The molecule has 2 saturated heterocycles. The summed E-state index contributed by atoms with van der Waals surface area (Å²) in [6, 6.07) is 1.11. The van der Waals surface area contributed by atoms with Crippen molar-refractivity contribution in [1.29, 1.82) is 0 Å². The van der Waals surface area contributed by atoms with Gasteiger partial charge in [0.15, 0.2) is 0 Å². The van der Waals surface area contributed by atoms with Crippen molar-refractivity contribution in [3.8, 4) is 0 Å². The molecule has 0 bridgehead atoms. The summed E-state index contributed by atoms with van der Waals surface area (Å²) in [6.07, 6.45) is 3.88. The number of rotatable bonds is 3. The molecule has 0 aliphatic carbocycles. The maximum atomic E-state index is 12.0. The van der Waals surface area contributed by atoms with Crippen LogP contribution in [0.15, 0.2) is 0 Å². The zero-order valence-corrected chi connectivity index (χ0v) is 12.4. The van der Waals surface area contributed by atoms with E-state index >= 15 is 0 Å². The number of piperidine rings is 1. The van der Waals surface area contributed by atoms with Crippen molar-refractivity contribution in [2.45, 2.75) is 44.8 Å². The average molecular weight is 293 g/mol. The van der Waals surface area contributed by atoms with Crippen LogP contribution in [-0.4, -0.2) is 62.7 Å². The minimum atomic E-state index is -0.0501. The van der Waals surface area contributed by atoms with Crippen LogP contribution in [0.2, 0.25) is 0 Å². The van der Waals surface area contributed by atoms with Gasteiger partial charge in [0, 0.05) is 25.2 Å². The van der Waals surface area contributed by atoms with E-state index in [2.05, 4.69) is 32.3 Å². The van der Waals surface area contributed by atoms with E-state index in [1.54, 1.807) is 0 Å². The first-order valence-electron chi connectivity index (χ1n) is 7.59. The molecule has 2 aliphatic heterocycles. The van der Waals surface area contributed by atoms with E-state index < -0.39 is 0 Å². The van der Waals surface area contributed by atoms with Gasteiger partial charge in [-0.25, -0.2) is 4.79 Å². The van der Waals surface area contributed by atoms with Crippen LogP contribution in [0.1, 0.15) is 32.0 Å². The third kappa shape index (κ3) is 3.10. The van der Waals surface area contributed by atoms with Crippen molar-refractivity contribution in [2.75, 3.05) is 25.4 Å². The predicted octanol–water partition coefficient (Wildman–Crippen LogP) is 0.155. The summed E-state index contributed by atoms with van der Waals surface area (Å²) in [5, 5.41) is 9.23. The van der Waals surface area contributed by atoms with Crippen LogP contribution >= 0.6 is 0 Å². The molecule has 8 nitrogen and oxygen atoms in total. The van der Waals surface area contributed by atoms with Gasteiger partial charge < -0.3 is 16.0 Å². The van der Waals surface area contributed by atoms with E-state index in [1.807, 2.05) is 4.90 Å². The highest BCUT2D eigenvalue weighted by molar-refractivity contribution is 5.75. The fraction of sp³-hybridized carbons (Fsp3) is 0.769. The van der Waals surface area contributed by atoms with E-state index in [9.17, 15) is 4.79 Å². The number of hydrogen-bond acceptors (Lipinski definition) is 5. The first kappa shape index (κ1) is 14.1. The number of likely N-dealkylation sites (tertiary alicyclic amines) is 2. The van der Waals surface area contributed by atoms with E-state index in [0.29, 0.717) is 24.5 Å². The topological polar surface area (TPSA) is 103 Å². The van der Waals surface area contributed by atoms with Crippen LogP contribution in [0.5, 0.6) is 0 Å². The van der Waals surface area contributed by atoms with Gasteiger partial charge in [-0.1, -0.05) is 6.42 Å². The monoisotopic (exact) mass is 293 g/mol. The maximum absolute atomic E-state index is 12.0. The molecule has 0 unspecified atom stereocenters. The molecule has 4 N–H and O–H groups in total. The molecule has 0 radical (unpaired) electrons. The van der Waals surface area contributed by atoms with E-state index in [0.717, 1.165) is 13.1 Å². The van der Waals surface area contributed by atoms with Crippen LogP contribution in [-0.2, 0) is 6.54 Å². The highest BCUT2D eigenvalue weighted by Gasteiger charge is 2.37. The molecule has 1 atom stereocenters. The zero-order chi connectivity index (χ0) is 14.8. The molecule has 2 fully saturated rings. The Balaban J connectivity index is 1.42. The van der Waals surface area contributed by atoms with Gasteiger partial charge in [0.05, 0.1) is 6.54 Å². The van der Waals surface area contributed by atoms with E-state index in [4.69, 9.17) is 5.73 Å². The molecule has 0 saturated carbocycles. The molecule has 116 valence electrons. The van der Waals surface area contributed by atoms with Gasteiger partial charge in [0.25, 0.3) is 0 Å². The number of nitrogen functional groups attached to an aromatic ring is 1. The second-order valence-electron chi connectivity index (χ2n) is 5.94. The highest BCUT2D eigenvalue weighted by Crippen LogP contribution is 2.24. The Labute approximate surface area is 124 Å². The summed E-state index contributed by atoms with van der Waals surface area (Å²) >= 11 is 0. The molecule has 0 aromatic carbocycles. The van der Waals surface area contributed by atoms with Crippen LogP contribution in [0.4, 0.5) is 10.7 Å². The first-order chi connectivity index (χ1) is 10.1.